The molecule has 6 heteroatoms. The van der Waals surface area contributed by atoms with E-state index in [1.807, 2.05) is 6.07 Å². The molecule has 2 aromatic rings. The third kappa shape index (κ3) is 2.84. The van der Waals surface area contributed by atoms with Crippen LogP contribution in [0.15, 0.2) is 42.5 Å². The standard InChI is InChI=1S/C14H10N2O4/c1-19-14-6-5-12(8-13(14)16(17)18)20-11-4-2-3-10(7-11)9-15/h2-8H,1H3. The summed E-state index contributed by atoms with van der Waals surface area (Å²) in [6.07, 6.45) is 0. The van der Waals surface area contributed by atoms with E-state index < -0.39 is 4.92 Å². The van der Waals surface area contributed by atoms with E-state index >= 15 is 0 Å². The van der Waals surface area contributed by atoms with Crippen LogP contribution in [0.1, 0.15) is 5.56 Å². The van der Waals surface area contributed by atoms with Crippen LogP contribution in [-0.2, 0) is 0 Å². The highest BCUT2D eigenvalue weighted by Gasteiger charge is 2.16. The number of nitriles is 1. The summed E-state index contributed by atoms with van der Waals surface area (Å²) in [6, 6.07) is 12.8. The first kappa shape index (κ1) is 13.4. The fraction of sp³-hybridized carbons (Fsp3) is 0.0714. The van der Waals surface area contributed by atoms with E-state index in [1.165, 1.54) is 19.2 Å². The Bertz CT molecular complexity index is 692. The molecule has 0 saturated heterocycles. The lowest BCUT2D eigenvalue weighted by atomic mass is 10.2. The highest BCUT2D eigenvalue weighted by molar-refractivity contribution is 5.52. The zero-order chi connectivity index (χ0) is 14.5. The van der Waals surface area contributed by atoms with Crippen LogP contribution in [0.5, 0.6) is 17.2 Å². The van der Waals surface area contributed by atoms with Crippen molar-refractivity contribution in [2.45, 2.75) is 0 Å². The first-order valence-corrected chi connectivity index (χ1v) is 5.64. The van der Waals surface area contributed by atoms with Gasteiger partial charge in [-0.25, -0.2) is 0 Å². The fourth-order valence-corrected chi connectivity index (χ4v) is 1.64. The Morgan fingerprint density at radius 3 is 2.60 bits per heavy atom. The number of hydrogen-bond acceptors (Lipinski definition) is 5. The first-order chi connectivity index (χ1) is 9.63. The Kier molecular flexibility index (Phi) is 3.82. The summed E-state index contributed by atoms with van der Waals surface area (Å²) in [7, 11) is 1.36. The molecule has 0 aliphatic carbocycles. The molecule has 0 aromatic heterocycles. The number of hydrogen-bond donors (Lipinski definition) is 0. The number of ether oxygens (including phenoxy) is 2. The third-order valence-corrected chi connectivity index (χ3v) is 2.55. The van der Waals surface area contributed by atoms with Gasteiger partial charge in [0.2, 0.25) is 0 Å². The summed E-state index contributed by atoms with van der Waals surface area (Å²) in [4.78, 5) is 10.4. The molecule has 2 aromatic carbocycles. The van der Waals surface area contributed by atoms with Crippen LogP contribution in [0.3, 0.4) is 0 Å². The van der Waals surface area contributed by atoms with E-state index in [-0.39, 0.29) is 11.4 Å². The van der Waals surface area contributed by atoms with E-state index in [4.69, 9.17) is 14.7 Å². The second-order valence-electron chi connectivity index (χ2n) is 3.83. The van der Waals surface area contributed by atoms with Crippen molar-refractivity contribution >= 4 is 5.69 Å². The highest BCUT2D eigenvalue weighted by atomic mass is 16.6. The lowest BCUT2D eigenvalue weighted by Gasteiger charge is -2.07. The zero-order valence-electron chi connectivity index (χ0n) is 10.6. The maximum Gasteiger partial charge on any atom is 0.314 e. The zero-order valence-corrected chi connectivity index (χ0v) is 10.6. The molecule has 0 spiro atoms. The summed E-state index contributed by atoms with van der Waals surface area (Å²) in [6.45, 7) is 0. The summed E-state index contributed by atoms with van der Waals surface area (Å²) in [5, 5.41) is 19.7. The van der Waals surface area contributed by atoms with Crippen LogP contribution in [0.25, 0.3) is 0 Å². The topological polar surface area (TPSA) is 85.4 Å². The fourth-order valence-electron chi connectivity index (χ4n) is 1.64. The minimum Gasteiger partial charge on any atom is -0.490 e. The van der Waals surface area contributed by atoms with Gasteiger partial charge in [-0.1, -0.05) is 6.07 Å². The van der Waals surface area contributed by atoms with E-state index in [1.54, 1.807) is 30.3 Å². The van der Waals surface area contributed by atoms with Gasteiger partial charge in [-0.2, -0.15) is 5.26 Å². The lowest BCUT2D eigenvalue weighted by molar-refractivity contribution is -0.385. The quantitative estimate of drug-likeness (QED) is 0.628. The van der Waals surface area contributed by atoms with Crippen molar-refractivity contribution in [1.82, 2.24) is 0 Å². The monoisotopic (exact) mass is 270 g/mol. The van der Waals surface area contributed by atoms with E-state index in [0.29, 0.717) is 17.1 Å². The van der Waals surface area contributed by atoms with Gasteiger partial charge >= 0.3 is 5.69 Å². The van der Waals surface area contributed by atoms with Gasteiger partial charge in [-0.15, -0.1) is 0 Å². The normalized spacial score (nSPS) is 9.60. The maximum atomic E-state index is 10.9. The van der Waals surface area contributed by atoms with Crippen molar-refractivity contribution in [3.63, 3.8) is 0 Å². The molecule has 0 aliphatic rings. The molecule has 100 valence electrons. The SMILES string of the molecule is COc1ccc(Oc2cccc(C#N)c2)cc1[N+](=O)[O-]. The van der Waals surface area contributed by atoms with Crippen molar-refractivity contribution in [1.29, 1.82) is 5.26 Å². The molecule has 0 radical (unpaired) electrons. The van der Waals surface area contributed by atoms with Gasteiger partial charge in [0.25, 0.3) is 0 Å². The van der Waals surface area contributed by atoms with Crippen LogP contribution in [0, 0.1) is 21.4 Å². The Morgan fingerprint density at radius 1 is 1.20 bits per heavy atom. The van der Waals surface area contributed by atoms with Crippen LogP contribution >= 0.6 is 0 Å². The predicted octanol–water partition coefficient (Wildman–Crippen LogP) is 3.27. The van der Waals surface area contributed by atoms with Crippen molar-refractivity contribution < 1.29 is 14.4 Å². The van der Waals surface area contributed by atoms with Gasteiger partial charge in [-0.3, -0.25) is 10.1 Å². The molecule has 6 nitrogen and oxygen atoms in total. The number of methoxy groups -OCH3 is 1. The van der Waals surface area contributed by atoms with Crippen LogP contribution in [-0.4, -0.2) is 12.0 Å². The van der Waals surface area contributed by atoms with Crippen molar-refractivity contribution in [2.24, 2.45) is 0 Å². The Balaban J connectivity index is 2.32. The number of rotatable bonds is 4. The molecule has 20 heavy (non-hydrogen) atoms. The average molecular weight is 270 g/mol. The molecule has 0 amide bonds. The van der Waals surface area contributed by atoms with Gasteiger partial charge in [-0.05, 0) is 30.3 Å². The largest absolute Gasteiger partial charge is 0.490 e. The Morgan fingerprint density at radius 2 is 1.95 bits per heavy atom. The number of benzene rings is 2. The van der Waals surface area contributed by atoms with Gasteiger partial charge in [0, 0.05) is 0 Å². The molecular weight excluding hydrogens is 260 g/mol. The summed E-state index contributed by atoms with van der Waals surface area (Å²) < 4.78 is 10.4. The molecule has 2 rings (SSSR count). The number of nitro groups is 1. The van der Waals surface area contributed by atoms with Crippen LogP contribution < -0.4 is 9.47 Å². The number of nitrogens with zero attached hydrogens (tertiary/aromatic N) is 2. The Labute approximate surface area is 114 Å². The Hall–Kier alpha value is -3.07. The second kappa shape index (κ2) is 5.71. The number of nitro benzene ring substituents is 1. The van der Waals surface area contributed by atoms with Crippen LogP contribution in [0.2, 0.25) is 0 Å². The highest BCUT2D eigenvalue weighted by Crippen LogP contribution is 2.32. The molecule has 0 fully saturated rings. The third-order valence-electron chi connectivity index (χ3n) is 2.55. The summed E-state index contributed by atoms with van der Waals surface area (Å²) >= 11 is 0. The van der Waals surface area contributed by atoms with Gasteiger partial charge < -0.3 is 9.47 Å². The van der Waals surface area contributed by atoms with Gasteiger partial charge in [0.15, 0.2) is 5.75 Å². The molecular formula is C14H10N2O4. The van der Waals surface area contributed by atoms with E-state index in [0.717, 1.165) is 0 Å². The molecule has 0 unspecified atom stereocenters. The maximum absolute atomic E-state index is 10.9. The van der Waals surface area contributed by atoms with Crippen molar-refractivity contribution in [3.8, 4) is 23.3 Å². The predicted molar refractivity (Wildman–Crippen MR) is 70.9 cm³/mol. The molecule has 0 saturated carbocycles. The molecule has 0 heterocycles. The van der Waals surface area contributed by atoms with E-state index in [2.05, 4.69) is 0 Å². The lowest BCUT2D eigenvalue weighted by Crippen LogP contribution is -1.94. The molecule has 0 atom stereocenters. The van der Waals surface area contributed by atoms with Gasteiger partial charge in [0.1, 0.15) is 11.5 Å². The van der Waals surface area contributed by atoms with Crippen molar-refractivity contribution in [2.75, 3.05) is 7.11 Å². The summed E-state index contributed by atoms with van der Waals surface area (Å²) in [5.41, 5.74) is 0.270. The average Bonchev–Trinajstić information content (AvgIpc) is 2.47. The second-order valence-corrected chi connectivity index (χ2v) is 3.83. The van der Waals surface area contributed by atoms with Crippen LogP contribution in [0.4, 0.5) is 5.69 Å². The smallest absolute Gasteiger partial charge is 0.314 e. The summed E-state index contributed by atoms with van der Waals surface area (Å²) in [5.74, 6) is 0.893. The van der Waals surface area contributed by atoms with Crippen molar-refractivity contribution in [3.05, 3.63) is 58.1 Å². The molecule has 0 aliphatic heterocycles. The van der Waals surface area contributed by atoms with Gasteiger partial charge in [0.05, 0.1) is 29.7 Å². The molecule has 0 bridgehead atoms. The minimum atomic E-state index is -0.544. The van der Waals surface area contributed by atoms with E-state index in [9.17, 15) is 10.1 Å². The first-order valence-electron chi connectivity index (χ1n) is 5.64. The minimum absolute atomic E-state index is 0.160. The molecule has 0 N–H and O–H groups in total.